The molecule has 0 radical (unpaired) electrons. The standard InChI is InChI=1S/C34H41NO2/c1-8-37-31-15-13-24(18-30(31)36)20-35-28(16-21(2)3)33-32-26(25-14-12-22(4)23(5)17-25)10-9-11-27(32)29(35)19-34(33,6)7/h9-15,17-18,28-29,33,36H,2,8,16,19-20H2,1,3-7H3. The van der Waals surface area contributed by atoms with Gasteiger partial charge in [0, 0.05) is 24.5 Å². The number of aromatic hydroxyl groups is 1. The Balaban J connectivity index is 1.62. The topological polar surface area (TPSA) is 32.7 Å². The fraction of sp³-hybridized carbons (Fsp3) is 0.412. The van der Waals surface area contributed by atoms with Crippen LogP contribution in [0.15, 0.2) is 66.7 Å². The van der Waals surface area contributed by atoms with Crippen molar-refractivity contribution in [1.82, 2.24) is 4.90 Å². The highest BCUT2D eigenvalue weighted by Gasteiger charge is 2.54. The van der Waals surface area contributed by atoms with Gasteiger partial charge in [-0.2, -0.15) is 0 Å². The van der Waals surface area contributed by atoms with Gasteiger partial charge < -0.3 is 9.84 Å². The van der Waals surface area contributed by atoms with Crippen LogP contribution in [-0.4, -0.2) is 22.7 Å². The summed E-state index contributed by atoms with van der Waals surface area (Å²) in [4.78, 5) is 2.69. The van der Waals surface area contributed by atoms with Gasteiger partial charge in [-0.1, -0.05) is 61.9 Å². The Morgan fingerprint density at radius 3 is 2.54 bits per heavy atom. The molecule has 6 rings (SSSR count). The number of ether oxygens (including phenoxy) is 1. The summed E-state index contributed by atoms with van der Waals surface area (Å²) in [6.07, 6.45) is 2.09. The second-order valence-electron chi connectivity index (χ2n) is 11.9. The summed E-state index contributed by atoms with van der Waals surface area (Å²) in [6, 6.07) is 20.4. The van der Waals surface area contributed by atoms with Crippen LogP contribution in [-0.2, 0) is 6.54 Å². The number of nitrogens with zero attached hydrogens (tertiary/aromatic N) is 1. The molecule has 3 aromatic carbocycles. The lowest BCUT2D eigenvalue weighted by Gasteiger charge is -2.60. The molecule has 3 aromatic rings. The van der Waals surface area contributed by atoms with Crippen molar-refractivity contribution in [3.05, 3.63) is 94.6 Å². The zero-order chi connectivity index (χ0) is 26.5. The number of piperidine rings is 1. The lowest BCUT2D eigenvalue weighted by Crippen LogP contribution is -2.56. The van der Waals surface area contributed by atoms with Crippen LogP contribution in [0.4, 0.5) is 0 Å². The zero-order valence-electron chi connectivity index (χ0n) is 23.3. The van der Waals surface area contributed by atoms with Gasteiger partial charge in [0.05, 0.1) is 6.61 Å². The molecule has 0 saturated carbocycles. The zero-order valence-corrected chi connectivity index (χ0v) is 23.3. The lowest BCUT2D eigenvalue weighted by molar-refractivity contribution is -0.0310. The van der Waals surface area contributed by atoms with E-state index in [2.05, 4.69) is 88.6 Å². The van der Waals surface area contributed by atoms with Crippen LogP contribution < -0.4 is 4.74 Å². The smallest absolute Gasteiger partial charge is 0.160 e. The molecule has 1 aliphatic carbocycles. The first-order chi connectivity index (χ1) is 17.6. The number of phenols is 1. The SMILES string of the molecule is C=C(C)CC1C2c3c(-c4ccc(C)c(C)c4)cccc3C(CC2(C)C)N1Cc1ccc(OCC)c(O)c1. The van der Waals surface area contributed by atoms with E-state index in [0.717, 1.165) is 24.9 Å². The normalized spacial score (nSPS) is 22.1. The molecule has 2 bridgehead atoms. The maximum absolute atomic E-state index is 10.6. The van der Waals surface area contributed by atoms with E-state index in [1.807, 2.05) is 19.1 Å². The van der Waals surface area contributed by atoms with E-state index in [4.69, 9.17) is 4.74 Å². The van der Waals surface area contributed by atoms with E-state index < -0.39 is 0 Å². The number of phenolic OH excluding ortho intramolecular Hbond substituents is 1. The lowest BCUT2D eigenvalue weighted by atomic mass is 9.56. The Hall–Kier alpha value is -3.04. The average molecular weight is 496 g/mol. The number of aryl methyl sites for hydroxylation is 2. The van der Waals surface area contributed by atoms with Crippen LogP contribution in [0.1, 0.15) is 80.3 Å². The molecule has 1 saturated heterocycles. The van der Waals surface area contributed by atoms with Gasteiger partial charge in [0.25, 0.3) is 0 Å². The van der Waals surface area contributed by atoms with Crippen molar-refractivity contribution in [2.75, 3.05) is 6.61 Å². The minimum Gasteiger partial charge on any atom is -0.504 e. The summed E-state index contributed by atoms with van der Waals surface area (Å²) in [7, 11) is 0. The molecular weight excluding hydrogens is 454 g/mol. The van der Waals surface area contributed by atoms with Gasteiger partial charge in [-0.25, -0.2) is 0 Å². The highest BCUT2D eigenvalue weighted by atomic mass is 16.5. The number of hydrogen-bond donors (Lipinski definition) is 1. The van der Waals surface area contributed by atoms with Gasteiger partial charge in [0.1, 0.15) is 0 Å². The number of benzene rings is 3. The van der Waals surface area contributed by atoms with Gasteiger partial charge in [-0.3, -0.25) is 4.90 Å². The maximum Gasteiger partial charge on any atom is 0.160 e. The first-order valence-electron chi connectivity index (χ1n) is 13.7. The Morgan fingerprint density at radius 1 is 1.08 bits per heavy atom. The van der Waals surface area contributed by atoms with Crippen molar-refractivity contribution in [2.45, 2.75) is 78.9 Å². The summed E-state index contributed by atoms with van der Waals surface area (Å²) in [6.45, 7) is 19.1. The van der Waals surface area contributed by atoms with Crippen LogP contribution in [0.3, 0.4) is 0 Å². The molecule has 0 aromatic heterocycles. The van der Waals surface area contributed by atoms with Gasteiger partial charge in [0.2, 0.25) is 0 Å². The molecule has 1 N–H and O–H groups in total. The minimum absolute atomic E-state index is 0.172. The molecule has 2 heterocycles. The molecule has 194 valence electrons. The van der Waals surface area contributed by atoms with E-state index in [-0.39, 0.29) is 11.2 Å². The highest BCUT2D eigenvalue weighted by Crippen LogP contribution is 2.62. The Morgan fingerprint density at radius 2 is 1.86 bits per heavy atom. The fourth-order valence-electron chi connectivity index (χ4n) is 6.91. The molecule has 3 heteroatoms. The van der Waals surface area contributed by atoms with E-state index in [1.54, 1.807) is 0 Å². The van der Waals surface area contributed by atoms with Crippen molar-refractivity contribution < 1.29 is 9.84 Å². The first kappa shape index (κ1) is 25.6. The largest absolute Gasteiger partial charge is 0.504 e. The summed E-state index contributed by atoms with van der Waals surface area (Å²) < 4.78 is 5.57. The molecule has 3 unspecified atom stereocenters. The summed E-state index contributed by atoms with van der Waals surface area (Å²) >= 11 is 0. The summed E-state index contributed by atoms with van der Waals surface area (Å²) in [5.41, 5.74) is 10.9. The molecular formula is C34H41NO2. The molecule has 2 aliphatic heterocycles. The average Bonchev–Trinajstić information content (AvgIpc) is 2.83. The van der Waals surface area contributed by atoms with E-state index in [1.165, 1.54) is 39.0 Å². The first-order valence-corrected chi connectivity index (χ1v) is 13.7. The van der Waals surface area contributed by atoms with Crippen molar-refractivity contribution >= 4 is 0 Å². The van der Waals surface area contributed by atoms with Crippen molar-refractivity contribution in [3.8, 4) is 22.6 Å². The van der Waals surface area contributed by atoms with Crippen LogP contribution >= 0.6 is 0 Å². The van der Waals surface area contributed by atoms with Crippen LogP contribution in [0, 0.1) is 19.3 Å². The monoisotopic (exact) mass is 495 g/mol. The van der Waals surface area contributed by atoms with Gasteiger partial charge in [-0.05, 0) is 97.0 Å². The predicted octanol–water partition coefficient (Wildman–Crippen LogP) is 8.48. The molecule has 3 atom stereocenters. The van der Waals surface area contributed by atoms with Crippen molar-refractivity contribution in [1.29, 1.82) is 0 Å². The third kappa shape index (κ3) is 4.59. The second-order valence-corrected chi connectivity index (χ2v) is 11.9. The van der Waals surface area contributed by atoms with E-state index in [0.29, 0.717) is 30.4 Å². The third-order valence-electron chi connectivity index (χ3n) is 8.65. The van der Waals surface area contributed by atoms with Gasteiger partial charge in [0.15, 0.2) is 11.5 Å². The van der Waals surface area contributed by atoms with Crippen LogP contribution in [0.25, 0.3) is 11.1 Å². The summed E-state index contributed by atoms with van der Waals surface area (Å²) in [5, 5.41) is 10.6. The van der Waals surface area contributed by atoms with Crippen LogP contribution in [0.5, 0.6) is 11.5 Å². The molecule has 0 spiro atoms. The predicted molar refractivity (Wildman–Crippen MR) is 153 cm³/mol. The van der Waals surface area contributed by atoms with Crippen molar-refractivity contribution in [3.63, 3.8) is 0 Å². The molecule has 3 nitrogen and oxygen atoms in total. The third-order valence-corrected chi connectivity index (χ3v) is 8.65. The number of fused-ring (bicyclic) bond motifs is 2. The fourth-order valence-corrected chi connectivity index (χ4v) is 6.91. The Labute approximate surface area is 222 Å². The maximum atomic E-state index is 10.6. The second kappa shape index (κ2) is 9.68. The molecule has 1 fully saturated rings. The van der Waals surface area contributed by atoms with Gasteiger partial charge in [-0.15, -0.1) is 6.58 Å². The Bertz CT molecular complexity index is 1340. The van der Waals surface area contributed by atoms with Crippen LogP contribution in [0.2, 0.25) is 0 Å². The minimum atomic E-state index is 0.172. The molecule has 0 amide bonds. The quantitative estimate of drug-likeness (QED) is 0.334. The Kier molecular flexibility index (Phi) is 6.70. The number of rotatable bonds is 7. The number of hydrogen-bond acceptors (Lipinski definition) is 3. The highest BCUT2D eigenvalue weighted by molar-refractivity contribution is 5.72. The van der Waals surface area contributed by atoms with E-state index >= 15 is 0 Å². The summed E-state index contributed by atoms with van der Waals surface area (Å²) in [5.74, 6) is 1.16. The molecule has 37 heavy (non-hydrogen) atoms. The van der Waals surface area contributed by atoms with E-state index in [9.17, 15) is 5.11 Å². The van der Waals surface area contributed by atoms with Crippen molar-refractivity contribution in [2.24, 2.45) is 5.41 Å². The van der Waals surface area contributed by atoms with Gasteiger partial charge >= 0.3 is 0 Å². The molecule has 3 aliphatic rings.